The molecule has 7 heteroatoms. The van der Waals surface area contributed by atoms with Gasteiger partial charge < -0.3 is 9.64 Å². The van der Waals surface area contributed by atoms with Crippen LogP contribution in [0.5, 0.6) is 0 Å². The normalized spacial score (nSPS) is 15.0. The number of carbonyl (C=O) groups excluding carboxylic acids is 1. The molecule has 1 saturated heterocycles. The quantitative estimate of drug-likeness (QED) is 0.391. The Labute approximate surface area is 205 Å². The van der Waals surface area contributed by atoms with Gasteiger partial charge >= 0.3 is 6.09 Å². The molecule has 3 aromatic rings. The smallest absolute Gasteiger partial charge is 0.410 e. The molecule has 1 aliphatic rings. The van der Waals surface area contributed by atoms with Gasteiger partial charge in [0.2, 0.25) is 0 Å². The molecule has 0 radical (unpaired) electrons. The number of aromatic nitrogens is 2. The lowest BCUT2D eigenvalue weighted by atomic mass is 9.90. The van der Waals surface area contributed by atoms with Crippen LogP contribution in [0.1, 0.15) is 50.8 Å². The van der Waals surface area contributed by atoms with Gasteiger partial charge in [-0.3, -0.25) is 0 Å². The van der Waals surface area contributed by atoms with Crippen LogP contribution >= 0.6 is 23.2 Å². The van der Waals surface area contributed by atoms with Gasteiger partial charge in [-0.15, -0.1) is 0 Å². The molecule has 5 nitrogen and oxygen atoms in total. The van der Waals surface area contributed by atoms with E-state index < -0.39 is 5.60 Å². The standard InChI is InChI=1S/C26H29Cl2N3O2/c1-17-23(18-12-14-30(15-13-18)25(32)33-26(2,3)4)29-31(20-8-6-5-7-9-20)24(17)21-11-10-19(27)16-22(21)28/h5-11,16,18H,12-15H2,1-4H3. The Kier molecular flexibility index (Phi) is 6.73. The number of rotatable bonds is 3. The van der Waals surface area contributed by atoms with Crippen molar-refractivity contribution < 1.29 is 9.53 Å². The van der Waals surface area contributed by atoms with Gasteiger partial charge in [0.25, 0.3) is 0 Å². The van der Waals surface area contributed by atoms with Crippen molar-refractivity contribution in [2.75, 3.05) is 13.1 Å². The maximum atomic E-state index is 12.5. The van der Waals surface area contributed by atoms with Crippen molar-refractivity contribution in [3.8, 4) is 16.9 Å². The molecule has 0 spiro atoms. The molecule has 2 aromatic carbocycles. The van der Waals surface area contributed by atoms with Crippen molar-refractivity contribution in [3.05, 3.63) is 69.8 Å². The van der Waals surface area contributed by atoms with E-state index >= 15 is 0 Å². The number of likely N-dealkylation sites (tertiary alicyclic amines) is 1. The summed E-state index contributed by atoms with van der Waals surface area (Å²) in [5.74, 6) is 0.249. The van der Waals surface area contributed by atoms with Crippen LogP contribution in [-0.4, -0.2) is 39.5 Å². The number of halogens is 2. The third kappa shape index (κ3) is 5.20. The summed E-state index contributed by atoms with van der Waals surface area (Å²) in [6, 6.07) is 15.6. The minimum atomic E-state index is -0.494. The first-order valence-corrected chi connectivity index (χ1v) is 12.0. The molecule has 1 aliphatic heterocycles. The fourth-order valence-electron chi connectivity index (χ4n) is 4.32. The number of hydrogen-bond donors (Lipinski definition) is 0. The molecule has 1 aromatic heterocycles. The van der Waals surface area contributed by atoms with E-state index in [9.17, 15) is 4.79 Å². The minimum Gasteiger partial charge on any atom is -0.444 e. The first-order valence-electron chi connectivity index (χ1n) is 11.2. The first-order chi connectivity index (χ1) is 15.6. The van der Waals surface area contributed by atoms with Crippen molar-refractivity contribution in [1.29, 1.82) is 0 Å². The second-order valence-electron chi connectivity index (χ2n) is 9.47. The van der Waals surface area contributed by atoms with E-state index in [1.165, 1.54) is 0 Å². The Bertz CT molecular complexity index is 1140. The molecule has 0 unspecified atom stereocenters. The lowest BCUT2D eigenvalue weighted by molar-refractivity contribution is 0.0204. The van der Waals surface area contributed by atoms with Gasteiger partial charge in [-0.1, -0.05) is 41.4 Å². The second-order valence-corrected chi connectivity index (χ2v) is 10.3. The Hall–Kier alpha value is -2.50. The Morgan fingerprint density at radius 3 is 2.33 bits per heavy atom. The van der Waals surface area contributed by atoms with Crippen LogP contribution in [-0.2, 0) is 4.74 Å². The Balaban J connectivity index is 1.67. The molecule has 33 heavy (non-hydrogen) atoms. The third-order valence-corrected chi connectivity index (χ3v) is 6.43. The van der Waals surface area contributed by atoms with Gasteiger partial charge in [0, 0.05) is 29.6 Å². The Morgan fingerprint density at radius 2 is 1.73 bits per heavy atom. The summed E-state index contributed by atoms with van der Waals surface area (Å²) < 4.78 is 7.52. The zero-order valence-electron chi connectivity index (χ0n) is 19.4. The fourth-order valence-corrected chi connectivity index (χ4v) is 4.81. The van der Waals surface area contributed by atoms with Crippen LogP contribution in [0.4, 0.5) is 4.79 Å². The lowest BCUT2D eigenvalue weighted by Gasteiger charge is -2.33. The summed E-state index contributed by atoms with van der Waals surface area (Å²) in [6.07, 6.45) is 1.42. The lowest BCUT2D eigenvalue weighted by Crippen LogP contribution is -2.41. The van der Waals surface area contributed by atoms with E-state index in [4.69, 9.17) is 33.0 Å². The summed E-state index contributed by atoms with van der Waals surface area (Å²) in [5, 5.41) is 6.25. The highest BCUT2D eigenvalue weighted by molar-refractivity contribution is 6.36. The highest BCUT2D eigenvalue weighted by Crippen LogP contribution is 2.39. The number of benzene rings is 2. The molecule has 0 aliphatic carbocycles. The number of hydrogen-bond acceptors (Lipinski definition) is 3. The highest BCUT2D eigenvalue weighted by Gasteiger charge is 2.31. The predicted molar refractivity (Wildman–Crippen MR) is 134 cm³/mol. The average Bonchev–Trinajstić information content (AvgIpc) is 3.10. The number of ether oxygens (including phenoxy) is 1. The molecule has 2 heterocycles. The van der Waals surface area contributed by atoms with Crippen LogP contribution in [0.2, 0.25) is 10.0 Å². The SMILES string of the molecule is Cc1c(C2CCN(C(=O)OC(C)(C)C)CC2)nn(-c2ccccc2)c1-c1ccc(Cl)cc1Cl. The van der Waals surface area contributed by atoms with Crippen LogP contribution in [0.25, 0.3) is 16.9 Å². The number of carbonyl (C=O) groups is 1. The maximum Gasteiger partial charge on any atom is 0.410 e. The van der Waals surface area contributed by atoms with Crippen molar-refractivity contribution in [1.82, 2.24) is 14.7 Å². The van der Waals surface area contributed by atoms with E-state index in [-0.39, 0.29) is 12.0 Å². The van der Waals surface area contributed by atoms with E-state index in [0.29, 0.717) is 23.1 Å². The van der Waals surface area contributed by atoms with Crippen molar-refractivity contribution in [3.63, 3.8) is 0 Å². The van der Waals surface area contributed by atoms with Crippen LogP contribution in [0, 0.1) is 6.92 Å². The summed E-state index contributed by atoms with van der Waals surface area (Å²) in [4.78, 5) is 14.3. The number of para-hydroxylation sites is 1. The van der Waals surface area contributed by atoms with Crippen LogP contribution in [0.3, 0.4) is 0 Å². The topological polar surface area (TPSA) is 47.4 Å². The van der Waals surface area contributed by atoms with E-state index in [1.54, 1.807) is 11.0 Å². The molecular weight excluding hydrogens is 457 g/mol. The second kappa shape index (κ2) is 9.40. The van der Waals surface area contributed by atoms with Gasteiger partial charge in [-0.05, 0) is 76.4 Å². The maximum absolute atomic E-state index is 12.5. The highest BCUT2D eigenvalue weighted by atomic mass is 35.5. The average molecular weight is 486 g/mol. The molecule has 1 amide bonds. The molecule has 0 N–H and O–H groups in total. The van der Waals surface area contributed by atoms with Crippen LogP contribution in [0.15, 0.2) is 48.5 Å². The number of nitrogens with zero attached hydrogens (tertiary/aromatic N) is 3. The zero-order valence-corrected chi connectivity index (χ0v) is 21.0. The largest absolute Gasteiger partial charge is 0.444 e. The monoisotopic (exact) mass is 485 g/mol. The summed E-state index contributed by atoms with van der Waals surface area (Å²) in [7, 11) is 0. The van der Waals surface area contributed by atoms with E-state index in [2.05, 4.69) is 6.92 Å². The summed E-state index contributed by atoms with van der Waals surface area (Å²) in [5.41, 5.74) is 4.48. The molecule has 0 saturated carbocycles. The van der Waals surface area contributed by atoms with Gasteiger partial charge in [-0.25, -0.2) is 9.48 Å². The predicted octanol–water partition coefficient (Wildman–Crippen LogP) is 7.27. The van der Waals surface area contributed by atoms with Gasteiger partial charge in [-0.2, -0.15) is 5.10 Å². The van der Waals surface area contributed by atoms with Crippen molar-refractivity contribution in [2.45, 2.75) is 52.1 Å². The molecule has 4 rings (SSSR count). The molecule has 0 bridgehead atoms. The number of amides is 1. The van der Waals surface area contributed by atoms with E-state index in [1.807, 2.05) is 67.9 Å². The van der Waals surface area contributed by atoms with E-state index in [0.717, 1.165) is 41.0 Å². The van der Waals surface area contributed by atoms with Gasteiger partial charge in [0.05, 0.1) is 22.1 Å². The molecule has 1 fully saturated rings. The summed E-state index contributed by atoms with van der Waals surface area (Å²) >= 11 is 12.8. The fraction of sp³-hybridized carbons (Fsp3) is 0.385. The number of piperidine rings is 1. The Morgan fingerprint density at radius 1 is 1.06 bits per heavy atom. The van der Waals surface area contributed by atoms with Gasteiger partial charge in [0.1, 0.15) is 5.60 Å². The molecule has 174 valence electrons. The minimum absolute atomic E-state index is 0.249. The third-order valence-electron chi connectivity index (χ3n) is 5.88. The molecular formula is C26H29Cl2N3O2. The molecule has 0 atom stereocenters. The van der Waals surface area contributed by atoms with Crippen LogP contribution < -0.4 is 0 Å². The van der Waals surface area contributed by atoms with Gasteiger partial charge in [0.15, 0.2) is 0 Å². The van der Waals surface area contributed by atoms with Crippen molar-refractivity contribution >= 4 is 29.3 Å². The first kappa shape index (κ1) is 23.7. The van der Waals surface area contributed by atoms with Crippen molar-refractivity contribution in [2.24, 2.45) is 0 Å². The zero-order chi connectivity index (χ0) is 23.8. The summed E-state index contributed by atoms with van der Waals surface area (Å²) in [6.45, 7) is 9.06.